The van der Waals surface area contributed by atoms with Crippen molar-refractivity contribution in [2.75, 3.05) is 5.32 Å². The Labute approximate surface area is 201 Å². The van der Waals surface area contributed by atoms with Gasteiger partial charge < -0.3 is 10.4 Å². The molecule has 5 nitrogen and oxygen atoms in total. The quantitative estimate of drug-likeness (QED) is 0.324. The minimum absolute atomic E-state index is 0.141. The molecule has 0 aliphatic carbocycles. The predicted molar refractivity (Wildman–Crippen MR) is 137 cm³/mol. The van der Waals surface area contributed by atoms with Crippen LogP contribution in [0.15, 0.2) is 102 Å². The van der Waals surface area contributed by atoms with Crippen molar-refractivity contribution in [3.8, 4) is 5.69 Å². The van der Waals surface area contributed by atoms with Gasteiger partial charge in [-0.15, -0.1) is 0 Å². The molecule has 0 amide bonds. The summed E-state index contributed by atoms with van der Waals surface area (Å²) in [6.07, 6.45) is -0.967. The summed E-state index contributed by atoms with van der Waals surface area (Å²) in [5.41, 5.74) is 3.89. The topological polar surface area (TPSA) is 67.2 Å². The van der Waals surface area contributed by atoms with Crippen LogP contribution in [-0.4, -0.2) is 14.7 Å². The van der Waals surface area contributed by atoms with Gasteiger partial charge in [0.25, 0.3) is 0 Å². The second-order valence-corrected chi connectivity index (χ2v) is 8.51. The molecule has 1 unspecified atom stereocenters. The van der Waals surface area contributed by atoms with Gasteiger partial charge in [-0.25, -0.2) is 4.98 Å². The molecule has 2 heterocycles. The summed E-state index contributed by atoms with van der Waals surface area (Å²) in [7, 11) is 0. The minimum Gasteiger partial charge on any atom is -0.382 e. The Hall–Kier alpha value is -3.93. The lowest BCUT2D eigenvalue weighted by atomic mass is 10.0. The number of hydrogen-bond donors (Lipinski definition) is 2. The SMILES string of the molecule is Cc1cc(C(O)c2ccc(Cl)cc2)nc2c1c(=O)cc(Nc1ccccc1)n2-c1ccccc1. The summed E-state index contributed by atoms with van der Waals surface area (Å²) in [5.74, 6) is 0.583. The number of fused-ring (bicyclic) bond motifs is 1. The first-order valence-corrected chi connectivity index (χ1v) is 11.3. The highest BCUT2D eigenvalue weighted by Crippen LogP contribution is 2.29. The second-order valence-electron chi connectivity index (χ2n) is 8.07. The van der Waals surface area contributed by atoms with Gasteiger partial charge in [0.15, 0.2) is 11.1 Å². The molecule has 2 N–H and O–H groups in total. The van der Waals surface area contributed by atoms with Gasteiger partial charge in [0.1, 0.15) is 11.9 Å². The molecule has 168 valence electrons. The number of nitrogens with one attached hydrogen (secondary N) is 1. The fourth-order valence-electron chi connectivity index (χ4n) is 4.08. The number of aryl methyl sites for hydroxylation is 1. The predicted octanol–water partition coefficient (Wildman–Crippen LogP) is 6.17. The molecule has 0 saturated carbocycles. The van der Waals surface area contributed by atoms with Crippen LogP contribution < -0.4 is 10.7 Å². The van der Waals surface area contributed by atoms with Gasteiger partial charge in [0, 0.05) is 22.5 Å². The molecular formula is C28H22ClN3O2. The minimum atomic E-state index is -0.967. The summed E-state index contributed by atoms with van der Waals surface area (Å²) in [5, 5.41) is 15.5. The molecule has 5 rings (SSSR count). The third-order valence-electron chi connectivity index (χ3n) is 5.71. The van der Waals surface area contributed by atoms with Gasteiger partial charge in [-0.2, -0.15) is 0 Å². The first-order chi connectivity index (χ1) is 16.5. The molecule has 1 atom stereocenters. The molecule has 6 heteroatoms. The van der Waals surface area contributed by atoms with Gasteiger partial charge in [-0.05, 0) is 60.5 Å². The molecule has 0 bridgehead atoms. The lowest BCUT2D eigenvalue weighted by Crippen LogP contribution is -2.16. The molecular weight excluding hydrogens is 446 g/mol. The van der Waals surface area contributed by atoms with Crippen LogP contribution in [0.25, 0.3) is 16.7 Å². The zero-order valence-corrected chi connectivity index (χ0v) is 19.2. The Kier molecular flexibility index (Phi) is 5.88. The number of nitrogens with zero attached hydrogens (tertiary/aromatic N) is 2. The van der Waals surface area contributed by atoms with Crippen molar-refractivity contribution in [1.82, 2.24) is 9.55 Å². The molecule has 0 fully saturated rings. The zero-order valence-electron chi connectivity index (χ0n) is 18.4. The largest absolute Gasteiger partial charge is 0.382 e. The van der Waals surface area contributed by atoms with Crippen LogP contribution in [-0.2, 0) is 0 Å². The van der Waals surface area contributed by atoms with E-state index in [1.165, 1.54) is 0 Å². The van der Waals surface area contributed by atoms with Crippen molar-refractivity contribution < 1.29 is 5.11 Å². The van der Waals surface area contributed by atoms with Crippen molar-refractivity contribution in [1.29, 1.82) is 0 Å². The van der Waals surface area contributed by atoms with E-state index in [2.05, 4.69) is 5.32 Å². The average molecular weight is 468 g/mol. The first-order valence-electron chi connectivity index (χ1n) is 10.9. The van der Waals surface area contributed by atoms with E-state index >= 15 is 0 Å². The van der Waals surface area contributed by atoms with Gasteiger partial charge in [0.05, 0.1) is 11.1 Å². The van der Waals surface area contributed by atoms with E-state index in [0.29, 0.717) is 33.1 Å². The van der Waals surface area contributed by atoms with E-state index in [9.17, 15) is 9.90 Å². The van der Waals surface area contributed by atoms with Crippen LogP contribution in [0.4, 0.5) is 11.5 Å². The standard InChI is InChI=1S/C28H22ClN3O2/c1-18-16-23(27(34)19-12-14-20(29)15-13-19)31-28-26(18)24(33)17-25(30-21-8-4-2-5-9-21)32(28)22-10-6-3-7-11-22/h2-17,27,30,34H,1H3. The number of para-hydroxylation sites is 2. The van der Waals surface area contributed by atoms with Crippen molar-refractivity contribution in [2.24, 2.45) is 0 Å². The Bertz CT molecular complexity index is 1520. The van der Waals surface area contributed by atoms with Crippen LogP contribution in [0, 0.1) is 6.92 Å². The fraction of sp³-hybridized carbons (Fsp3) is 0.0714. The number of aliphatic hydroxyl groups excluding tert-OH is 1. The van der Waals surface area contributed by atoms with E-state index in [1.807, 2.05) is 72.2 Å². The Balaban J connectivity index is 1.76. The first kappa shape index (κ1) is 21.9. The summed E-state index contributed by atoms with van der Waals surface area (Å²) in [6.45, 7) is 1.86. The highest BCUT2D eigenvalue weighted by atomic mass is 35.5. The molecule has 0 aliphatic rings. The molecule has 0 aliphatic heterocycles. The molecule has 3 aromatic carbocycles. The van der Waals surface area contributed by atoms with Crippen LogP contribution in [0.5, 0.6) is 0 Å². The molecule has 0 saturated heterocycles. The third kappa shape index (κ3) is 4.19. The van der Waals surface area contributed by atoms with Crippen LogP contribution in [0.3, 0.4) is 0 Å². The van der Waals surface area contributed by atoms with Gasteiger partial charge in [-0.3, -0.25) is 9.36 Å². The zero-order chi connectivity index (χ0) is 23.7. The normalized spacial score (nSPS) is 12.0. The molecule has 2 aromatic heterocycles. The lowest BCUT2D eigenvalue weighted by Gasteiger charge is -2.20. The number of anilines is 2. The molecule has 0 spiro atoms. The van der Waals surface area contributed by atoms with Gasteiger partial charge in [-0.1, -0.05) is 60.1 Å². The van der Waals surface area contributed by atoms with Crippen molar-refractivity contribution in [2.45, 2.75) is 13.0 Å². The Morgan fingerprint density at radius 2 is 1.56 bits per heavy atom. The number of aromatic nitrogens is 2. The third-order valence-corrected chi connectivity index (χ3v) is 5.96. The Morgan fingerprint density at radius 3 is 2.24 bits per heavy atom. The maximum absolute atomic E-state index is 13.2. The molecule has 5 aromatic rings. The molecule has 0 radical (unpaired) electrons. The van der Waals surface area contributed by atoms with Crippen molar-refractivity contribution >= 4 is 34.1 Å². The smallest absolute Gasteiger partial charge is 0.193 e. The number of hydrogen-bond acceptors (Lipinski definition) is 4. The summed E-state index contributed by atoms with van der Waals surface area (Å²) in [4.78, 5) is 18.0. The van der Waals surface area contributed by atoms with E-state index in [-0.39, 0.29) is 5.43 Å². The maximum Gasteiger partial charge on any atom is 0.193 e. The number of rotatable bonds is 5. The lowest BCUT2D eigenvalue weighted by molar-refractivity contribution is 0.215. The average Bonchev–Trinajstić information content (AvgIpc) is 2.85. The van der Waals surface area contributed by atoms with Crippen LogP contribution in [0.1, 0.15) is 22.9 Å². The highest BCUT2D eigenvalue weighted by molar-refractivity contribution is 6.30. The maximum atomic E-state index is 13.2. The Morgan fingerprint density at radius 1 is 0.912 bits per heavy atom. The van der Waals surface area contributed by atoms with E-state index in [4.69, 9.17) is 16.6 Å². The highest BCUT2D eigenvalue weighted by Gasteiger charge is 2.19. The summed E-state index contributed by atoms with van der Waals surface area (Å²) < 4.78 is 1.91. The number of pyridine rings is 2. The summed E-state index contributed by atoms with van der Waals surface area (Å²) >= 11 is 6.01. The van der Waals surface area contributed by atoms with E-state index in [0.717, 1.165) is 16.9 Å². The van der Waals surface area contributed by atoms with Crippen LogP contribution >= 0.6 is 11.6 Å². The monoisotopic (exact) mass is 467 g/mol. The van der Waals surface area contributed by atoms with Crippen molar-refractivity contribution in [3.05, 3.63) is 129 Å². The van der Waals surface area contributed by atoms with Crippen LogP contribution in [0.2, 0.25) is 5.02 Å². The van der Waals surface area contributed by atoms with E-state index in [1.54, 1.807) is 36.4 Å². The van der Waals surface area contributed by atoms with Gasteiger partial charge >= 0.3 is 0 Å². The van der Waals surface area contributed by atoms with E-state index < -0.39 is 6.10 Å². The second kappa shape index (κ2) is 9.14. The number of benzene rings is 3. The molecule has 34 heavy (non-hydrogen) atoms. The van der Waals surface area contributed by atoms with Crippen molar-refractivity contribution in [3.63, 3.8) is 0 Å². The summed E-state index contributed by atoms with van der Waals surface area (Å²) in [6, 6.07) is 29.7. The van der Waals surface area contributed by atoms with Gasteiger partial charge in [0.2, 0.25) is 0 Å². The number of halogens is 1. The number of aliphatic hydroxyl groups is 1. The fourth-order valence-corrected chi connectivity index (χ4v) is 4.20.